The second kappa shape index (κ2) is 17.1. The van der Waals surface area contributed by atoms with Gasteiger partial charge in [-0.3, -0.25) is 0 Å². The summed E-state index contributed by atoms with van der Waals surface area (Å²) >= 11 is 0. The molecule has 0 spiro atoms. The molecule has 0 aromatic carbocycles. The van der Waals surface area contributed by atoms with Crippen molar-refractivity contribution in [1.82, 2.24) is 0 Å². The van der Waals surface area contributed by atoms with Gasteiger partial charge in [-0.2, -0.15) is 0 Å². The molecule has 0 aromatic rings. The molecule has 1 saturated heterocycles. The van der Waals surface area contributed by atoms with Crippen molar-refractivity contribution < 1.29 is 38.7 Å². The first-order chi connectivity index (χ1) is 20.6. The van der Waals surface area contributed by atoms with Gasteiger partial charge < -0.3 is 33.9 Å². The van der Waals surface area contributed by atoms with Gasteiger partial charge in [-0.05, 0) is 50.5 Å². The molecule has 11 atom stereocenters. The number of ether oxygens (including phenoxy) is 5. The molecule has 2 N–H and O–H groups in total. The Labute approximate surface area is 266 Å². The SMILES string of the molecule is COC1=CC(C)=CC(C)C(O)C(C)CC(C)=CC=CC(OC)C(C(C)C(O)C(C)C2(OC)CCC(C)C(C(C)C)O2)OC1=O. The zero-order valence-corrected chi connectivity index (χ0v) is 29.2. The molecule has 0 amide bonds. The molecule has 2 rings (SSSR count). The molecule has 0 bridgehead atoms. The molecule has 1 fully saturated rings. The molecule has 0 aliphatic carbocycles. The van der Waals surface area contributed by atoms with Crippen LogP contribution in [0.2, 0.25) is 0 Å². The minimum atomic E-state index is -0.979. The maximum atomic E-state index is 13.6. The summed E-state index contributed by atoms with van der Waals surface area (Å²) in [7, 11) is 4.61. The number of carbonyl (C=O) groups is 1. The standard InChI is InChI=1S/C36H60O8/c1-21(2)33-24(5)16-17-36(42-12,44-33)28(9)32(38)27(8)34-29(40-10)15-13-14-22(3)18-25(6)31(37)26(7)19-23(4)20-30(41-11)35(39)43-34/h13-15,19-21,24-29,31-34,37-38H,16-18H2,1-12H3. The number of esters is 1. The van der Waals surface area contributed by atoms with E-state index in [0.717, 1.165) is 24.0 Å². The first kappa shape index (κ1) is 38.2. The molecular weight excluding hydrogens is 560 g/mol. The Morgan fingerprint density at radius 3 is 2.25 bits per heavy atom. The lowest BCUT2D eigenvalue weighted by Crippen LogP contribution is -2.56. The Bertz CT molecular complexity index is 1040. The van der Waals surface area contributed by atoms with Crippen LogP contribution in [0.25, 0.3) is 0 Å². The fraction of sp³-hybridized carbons (Fsp3) is 0.750. The monoisotopic (exact) mass is 620 g/mol. The molecule has 8 heteroatoms. The van der Waals surface area contributed by atoms with Crippen LogP contribution in [-0.4, -0.2) is 73.8 Å². The fourth-order valence-electron chi connectivity index (χ4n) is 6.86. The van der Waals surface area contributed by atoms with Gasteiger partial charge >= 0.3 is 5.97 Å². The smallest absolute Gasteiger partial charge is 0.373 e. The van der Waals surface area contributed by atoms with Crippen LogP contribution in [0.15, 0.2) is 47.3 Å². The van der Waals surface area contributed by atoms with Crippen LogP contribution in [-0.2, 0) is 28.5 Å². The molecule has 252 valence electrons. The van der Waals surface area contributed by atoms with Crippen molar-refractivity contribution in [3.63, 3.8) is 0 Å². The molecule has 8 nitrogen and oxygen atoms in total. The van der Waals surface area contributed by atoms with Crippen molar-refractivity contribution in [2.75, 3.05) is 21.3 Å². The molecule has 2 aliphatic heterocycles. The maximum absolute atomic E-state index is 13.6. The van der Waals surface area contributed by atoms with Gasteiger partial charge in [0, 0.05) is 38.4 Å². The average Bonchev–Trinajstić information content (AvgIpc) is 2.99. The summed E-state index contributed by atoms with van der Waals surface area (Å²) in [4.78, 5) is 13.6. The second-order valence-electron chi connectivity index (χ2n) is 13.6. The Hall–Kier alpha value is -1.97. The minimum Gasteiger partial charge on any atom is -0.490 e. The van der Waals surface area contributed by atoms with E-state index in [2.05, 4.69) is 20.8 Å². The summed E-state index contributed by atoms with van der Waals surface area (Å²) in [5, 5.41) is 22.8. The molecule has 0 aromatic heterocycles. The van der Waals surface area contributed by atoms with Gasteiger partial charge in [0.05, 0.1) is 25.4 Å². The van der Waals surface area contributed by atoms with Gasteiger partial charge in [0.2, 0.25) is 5.76 Å². The summed E-state index contributed by atoms with van der Waals surface area (Å²) in [5.41, 5.74) is 1.87. The first-order valence-electron chi connectivity index (χ1n) is 16.2. The molecule has 11 unspecified atom stereocenters. The zero-order chi connectivity index (χ0) is 33.4. The maximum Gasteiger partial charge on any atom is 0.373 e. The quantitative estimate of drug-likeness (QED) is 0.302. The van der Waals surface area contributed by atoms with Crippen molar-refractivity contribution >= 4 is 5.97 Å². The highest BCUT2D eigenvalue weighted by Crippen LogP contribution is 2.43. The summed E-state index contributed by atoms with van der Waals surface area (Å²) in [6.07, 6.45) is 8.50. The number of aliphatic hydroxyl groups excluding tert-OH is 2. The second-order valence-corrected chi connectivity index (χ2v) is 13.6. The summed E-state index contributed by atoms with van der Waals surface area (Å²) in [6, 6.07) is 0. The molecule has 2 heterocycles. The van der Waals surface area contributed by atoms with Crippen LogP contribution < -0.4 is 0 Å². The largest absolute Gasteiger partial charge is 0.490 e. The van der Waals surface area contributed by atoms with E-state index in [1.165, 1.54) is 7.11 Å². The third kappa shape index (κ3) is 9.52. The number of methoxy groups -OCH3 is 3. The van der Waals surface area contributed by atoms with Crippen molar-refractivity contribution in [3.8, 4) is 0 Å². The van der Waals surface area contributed by atoms with Crippen molar-refractivity contribution in [3.05, 3.63) is 47.3 Å². The van der Waals surface area contributed by atoms with Crippen LogP contribution in [0.1, 0.15) is 81.6 Å². The van der Waals surface area contributed by atoms with Gasteiger partial charge in [0.1, 0.15) is 12.2 Å². The number of allylic oxidation sites excluding steroid dienone is 5. The third-order valence-corrected chi connectivity index (χ3v) is 9.70. The Morgan fingerprint density at radius 1 is 1.02 bits per heavy atom. The zero-order valence-electron chi connectivity index (χ0n) is 29.2. The lowest BCUT2D eigenvalue weighted by atomic mass is 9.77. The van der Waals surface area contributed by atoms with Crippen LogP contribution >= 0.6 is 0 Å². The number of hydrogen-bond donors (Lipinski definition) is 2. The molecule has 44 heavy (non-hydrogen) atoms. The Kier molecular flexibility index (Phi) is 14.8. The highest BCUT2D eigenvalue weighted by atomic mass is 16.7. The van der Waals surface area contributed by atoms with E-state index < -0.39 is 48.0 Å². The number of cyclic esters (lactones) is 1. The number of aliphatic hydroxyl groups is 2. The number of carbonyl (C=O) groups excluding carboxylic acids is 1. The molecular formula is C36H60O8. The molecule has 0 saturated carbocycles. The van der Waals surface area contributed by atoms with Crippen molar-refractivity contribution in [2.45, 2.75) is 118 Å². The van der Waals surface area contributed by atoms with E-state index in [0.29, 0.717) is 18.3 Å². The van der Waals surface area contributed by atoms with Crippen molar-refractivity contribution in [2.24, 2.45) is 35.5 Å². The highest BCUT2D eigenvalue weighted by molar-refractivity contribution is 5.87. The average molecular weight is 621 g/mol. The van der Waals surface area contributed by atoms with E-state index >= 15 is 0 Å². The van der Waals surface area contributed by atoms with E-state index in [4.69, 9.17) is 23.7 Å². The lowest BCUT2D eigenvalue weighted by Gasteiger charge is -2.49. The van der Waals surface area contributed by atoms with Gasteiger partial charge in [-0.25, -0.2) is 4.79 Å². The van der Waals surface area contributed by atoms with Crippen LogP contribution in [0.5, 0.6) is 0 Å². The predicted molar refractivity (Wildman–Crippen MR) is 174 cm³/mol. The van der Waals surface area contributed by atoms with E-state index in [1.807, 2.05) is 65.8 Å². The van der Waals surface area contributed by atoms with Gasteiger partial charge in [0.25, 0.3) is 0 Å². The van der Waals surface area contributed by atoms with Gasteiger partial charge in [-0.1, -0.05) is 83.9 Å². The normalized spacial score (nSPS) is 35.2. The predicted octanol–water partition coefficient (Wildman–Crippen LogP) is 6.38. The van der Waals surface area contributed by atoms with Crippen LogP contribution in [0, 0.1) is 35.5 Å². The van der Waals surface area contributed by atoms with Gasteiger partial charge in [-0.15, -0.1) is 0 Å². The highest BCUT2D eigenvalue weighted by Gasteiger charge is 2.50. The number of hydrogen-bond acceptors (Lipinski definition) is 8. The molecule has 2 aliphatic rings. The van der Waals surface area contributed by atoms with Crippen LogP contribution in [0.3, 0.4) is 0 Å². The Balaban J connectivity index is 2.53. The van der Waals surface area contributed by atoms with Crippen LogP contribution in [0.4, 0.5) is 0 Å². The number of rotatable bonds is 8. The minimum absolute atomic E-state index is 0.00366. The summed E-state index contributed by atoms with van der Waals surface area (Å²) < 4.78 is 30.1. The molecule has 0 radical (unpaired) electrons. The summed E-state index contributed by atoms with van der Waals surface area (Å²) in [5.74, 6) is -2.07. The van der Waals surface area contributed by atoms with E-state index in [9.17, 15) is 15.0 Å². The summed E-state index contributed by atoms with van der Waals surface area (Å²) in [6.45, 7) is 18.2. The Morgan fingerprint density at radius 2 is 1.68 bits per heavy atom. The third-order valence-electron chi connectivity index (χ3n) is 9.70. The van der Waals surface area contributed by atoms with Crippen molar-refractivity contribution in [1.29, 1.82) is 0 Å². The lowest BCUT2D eigenvalue weighted by molar-refractivity contribution is -0.323. The first-order valence-corrected chi connectivity index (χ1v) is 16.2. The van der Waals surface area contributed by atoms with E-state index in [-0.39, 0.29) is 23.7 Å². The van der Waals surface area contributed by atoms with Gasteiger partial charge in [0.15, 0.2) is 5.79 Å². The fourth-order valence-corrected chi connectivity index (χ4v) is 6.86. The van der Waals surface area contributed by atoms with E-state index in [1.54, 1.807) is 20.3 Å². The topological polar surface area (TPSA) is 104 Å².